The van der Waals surface area contributed by atoms with Gasteiger partial charge in [0.2, 0.25) is 0 Å². The van der Waals surface area contributed by atoms with Crippen molar-refractivity contribution in [2.24, 2.45) is 0 Å². The van der Waals surface area contributed by atoms with E-state index in [9.17, 15) is 22.4 Å². The number of carbonyl (C=O) groups is 1. The molecule has 1 rings (SSSR count). The van der Waals surface area contributed by atoms with Crippen molar-refractivity contribution in [1.82, 2.24) is 0 Å². The van der Waals surface area contributed by atoms with E-state index in [1.54, 1.807) is 0 Å². The highest BCUT2D eigenvalue weighted by atomic mass is 19.4. The molecular weight excluding hydrogens is 256 g/mol. The van der Waals surface area contributed by atoms with Gasteiger partial charge in [-0.3, -0.25) is 4.79 Å². The molecule has 1 atom stereocenters. The summed E-state index contributed by atoms with van der Waals surface area (Å²) in [6.45, 7) is -0.0430. The summed E-state index contributed by atoms with van der Waals surface area (Å²) in [5.41, 5.74) is -0.438. The van der Waals surface area contributed by atoms with Crippen molar-refractivity contribution >= 4 is 5.78 Å². The van der Waals surface area contributed by atoms with Crippen molar-refractivity contribution in [1.29, 1.82) is 0 Å². The number of alkyl halides is 3. The van der Waals surface area contributed by atoms with Crippen molar-refractivity contribution < 1.29 is 32.2 Å². The van der Waals surface area contributed by atoms with Crippen LogP contribution in [0.25, 0.3) is 0 Å². The van der Waals surface area contributed by atoms with E-state index in [0.29, 0.717) is 0 Å². The molecule has 0 bridgehead atoms. The molecule has 0 amide bonds. The first-order chi connectivity index (χ1) is 8.23. The predicted octanol–water partition coefficient (Wildman–Crippen LogP) is 2.33. The lowest BCUT2D eigenvalue weighted by Crippen LogP contribution is -2.34. The number of halogens is 4. The van der Waals surface area contributed by atoms with Crippen LogP contribution >= 0.6 is 0 Å². The maximum atomic E-state index is 13.3. The SMILES string of the molecule is CC(=O)c1c(F)cccc1OCC(O)C(F)(F)F. The molecule has 0 spiro atoms. The monoisotopic (exact) mass is 266 g/mol. The molecule has 0 aliphatic heterocycles. The number of Topliss-reactive ketones (excluding diaryl/α,β-unsaturated/α-hetero) is 1. The summed E-state index contributed by atoms with van der Waals surface area (Å²) < 4.78 is 54.0. The summed E-state index contributed by atoms with van der Waals surface area (Å²) in [6.07, 6.45) is -7.52. The molecule has 0 heterocycles. The minimum absolute atomic E-state index is 0.328. The van der Waals surface area contributed by atoms with Crippen LogP contribution in [0.2, 0.25) is 0 Å². The highest BCUT2D eigenvalue weighted by molar-refractivity contribution is 5.97. The average Bonchev–Trinajstić information content (AvgIpc) is 2.23. The normalized spacial score (nSPS) is 13.2. The maximum absolute atomic E-state index is 13.3. The van der Waals surface area contributed by atoms with Crippen LogP contribution in [0.1, 0.15) is 17.3 Å². The van der Waals surface area contributed by atoms with Crippen LogP contribution in [0.5, 0.6) is 5.75 Å². The summed E-state index contributed by atoms with van der Waals surface area (Å²) in [7, 11) is 0. The van der Waals surface area contributed by atoms with E-state index in [1.165, 1.54) is 6.07 Å². The van der Waals surface area contributed by atoms with Gasteiger partial charge in [0.05, 0.1) is 5.56 Å². The molecule has 1 unspecified atom stereocenters. The third kappa shape index (κ3) is 3.43. The first kappa shape index (κ1) is 14.4. The second-order valence-corrected chi connectivity index (χ2v) is 3.54. The summed E-state index contributed by atoms with van der Waals surface area (Å²) >= 11 is 0. The van der Waals surface area contributed by atoms with E-state index < -0.39 is 36.1 Å². The second kappa shape index (κ2) is 5.34. The average molecular weight is 266 g/mol. The van der Waals surface area contributed by atoms with E-state index in [0.717, 1.165) is 19.1 Å². The van der Waals surface area contributed by atoms with Gasteiger partial charge in [0.1, 0.15) is 18.2 Å². The quantitative estimate of drug-likeness (QED) is 0.672. The van der Waals surface area contributed by atoms with E-state index in [2.05, 4.69) is 4.74 Å². The maximum Gasteiger partial charge on any atom is 0.417 e. The predicted molar refractivity (Wildman–Crippen MR) is 54.0 cm³/mol. The number of carbonyl (C=O) groups excluding carboxylic acids is 1. The second-order valence-electron chi connectivity index (χ2n) is 3.54. The van der Waals surface area contributed by atoms with Gasteiger partial charge < -0.3 is 9.84 Å². The zero-order valence-corrected chi connectivity index (χ0v) is 9.29. The number of ketones is 1. The third-order valence-electron chi connectivity index (χ3n) is 2.10. The van der Waals surface area contributed by atoms with Gasteiger partial charge in [0, 0.05) is 0 Å². The number of aliphatic hydroxyl groups excluding tert-OH is 1. The molecule has 3 nitrogen and oxygen atoms in total. The molecule has 0 saturated carbocycles. The molecule has 1 aromatic carbocycles. The smallest absolute Gasteiger partial charge is 0.417 e. The molecule has 1 aromatic rings. The fraction of sp³-hybridized carbons (Fsp3) is 0.364. The number of ether oxygens (including phenoxy) is 1. The highest BCUT2D eigenvalue weighted by Gasteiger charge is 2.38. The topological polar surface area (TPSA) is 46.5 Å². The van der Waals surface area contributed by atoms with Crippen LogP contribution in [0.15, 0.2) is 18.2 Å². The Morgan fingerprint density at radius 1 is 1.44 bits per heavy atom. The fourth-order valence-electron chi connectivity index (χ4n) is 1.23. The van der Waals surface area contributed by atoms with Gasteiger partial charge in [0.25, 0.3) is 0 Å². The van der Waals surface area contributed by atoms with Crippen molar-refractivity contribution in [3.8, 4) is 5.75 Å². The minimum Gasteiger partial charge on any atom is -0.490 e. The number of hydrogen-bond acceptors (Lipinski definition) is 3. The summed E-state index contributed by atoms with van der Waals surface area (Å²) in [6, 6.07) is 3.34. The number of rotatable bonds is 4. The molecule has 0 fully saturated rings. The van der Waals surface area contributed by atoms with Crippen LogP contribution in [-0.4, -0.2) is 29.8 Å². The Hall–Kier alpha value is -1.63. The standard InChI is InChI=1S/C11H10F4O3/c1-6(16)10-7(12)3-2-4-8(10)18-5-9(17)11(13,14)15/h2-4,9,17H,5H2,1H3. The van der Waals surface area contributed by atoms with Crippen LogP contribution in [0, 0.1) is 5.82 Å². The Kier molecular flexibility index (Phi) is 4.28. The Bertz CT molecular complexity index is 442. The number of benzene rings is 1. The molecule has 0 aliphatic carbocycles. The lowest BCUT2D eigenvalue weighted by molar-refractivity contribution is -0.210. The van der Waals surface area contributed by atoms with Crippen LogP contribution < -0.4 is 4.74 Å². The van der Waals surface area contributed by atoms with E-state index in [1.807, 2.05) is 0 Å². The molecule has 1 N–H and O–H groups in total. The highest BCUT2D eigenvalue weighted by Crippen LogP contribution is 2.25. The molecule has 18 heavy (non-hydrogen) atoms. The Balaban J connectivity index is 2.86. The van der Waals surface area contributed by atoms with Crippen LogP contribution in [0.3, 0.4) is 0 Å². The van der Waals surface area contributed by atoms with Gasteiger partial charge in [-0.05, 0) is 19.1 Å². The molecule has 100 valence electrons. The Labute approximate surface area is 100.0 Å². The Morgan fingerprint density at radius 2 is 2.06 bits per heavy atom. The molecule has 0 saturated heterocycles. The molecular formula is C11H10F4O3. The first-order valence-electron chi connectivity index (χ1n) is 4.90. The zero-order valence-electron chi connectivity index (χ0n) is 9.29. The minimum atomic E-state index is -4.83. The van der Waals surface area contributed by atoms with Gasteiger partial charge >= 0.3 is 6.18 Å². The first-order valence-corrected chi connectivity index (χ1v) is 4.90. The van der Waals surface area contributed by atoms with Gasteiger partial charge in [0.15, 0.2) is 11.9 Å². The van der Waals surface area contributed by atoms with Crippen molar-refractivity contribution in [3.63, 3.8) is 0 Å². The van der Waals surface area contributed by atoms with E-state index >= 15 is 0 Å². The summed E-state index contributed by atoms with van der Waals surface area (Å²) in [5.74, 6) is -1.89. The zero-order chi connectivity index (χ0) is 13.9. The molecule has 0 radical (unpaired) electrons. The van der Waals surface area contributed by atoms with Crippen molar-refractivity contribution in [2.75, 3.05) is 6.61 Å². The lowest BCUT2D eigenvalue weighted by atomic mass is 10.1. The summed E-state index contributed by atoms with van der Waals surface area (Å²) in [4.78, 5) is 11.1. The van der Waals surface area contributed by atoms with Crippen LogP contribution in [0.4, 0.5) is 17.6 Å². The van der Waals surface area contributed by atoms with Gasteiger partial charge in [-0.2, -0.15) is 13.2 Å². The summed E-state index contributed by atoms with van der Waals surface area (Å²) in [5, 5.41) is 8.72. The van der Waals surface area contributed by atoms with Gasteiger partial charge in [-0.1, -0.05) is 6.07 Å². The number of aliphatic hydroxyl groups is 1. The van der Waals surface area contributed by atoms with Gasteiger partial charge in [-0.15, -0.1) is 0 Å². The van der Waals surface area contributed by atoms with Crippen molar-refractivity contribution in [3.05, 3.63) is 29.6 Å². The lowest BCUT2D eigenvalue weighted by Gasteiger charge is -2.16. The molecule has 7 heteroatoms. The van der Waals surface area contributed by atoms with Gasteiger partial charge in [-0.25, -0.2) is 4.39 Å². The van der Waals surface area contributed by atoms with Crippen molar-refractivity contribution in [2.45, 2.75) is 19.2 Å². The number of hydrogen-bond donors (Lipinski definition) is 1. The molecule has 0 aromatic heterocycles. The fourth-order valence-corrected chi connectivity index (χ4v) is 1.23. The van der Waals surface area contributed by atoms with E-state index in [4.69, 9.17) is 5.11 Å². The third-order valence-corrected chi connectivity index (χ3v) is 2.10. The molecule has 0 aliphatic rings. The Morgan fingerprint density at radius 3 is 2.56 bits per heavy atom. The van der Waals surface area contributed by atoms with E-state index in [-0.39, 0.29) is 5.75 Å². The van der Waals surface area contributed by atoms with Crippen LogP contribution in [-0.2, 0) is 0 Å². The largest absolute Gasteiger partial charge is 0.490 e.